The van der Waals surface area contributed by atoms with E-state index in [0.29, 0.717) is 24.0 Å². The third-order valence-electron chi connectivity index (χ3n) is 3.74. The number of carboxylic acids is 2. The molecule has 2 heterocycles. The fourth-order valence-electron chi connectivity index (χ4n) is 2.72. The van der Waals surface area contributed by atoms with Crippen molar-refractivity contribution in [3.63, 3.8) is 0 Å². The van der Waals surface area contributed by atoms with Gasteiger partial charge >= 0.3 is 59.1 Å². The number of carbonyl (C=O) groups is 3. The number of carbonyl (C=O) groups excluding carboxylic acids is 3. The monoisotopic (exact) mass is 359 g/mol. The van der Waals surface area contributed by atoms with E-state index < -0.39 is 17.7 Å². The summed E-state index contributed by atoms with van der Waals surface area (Å²) in [5.74, 6) is -3.35. The quantitative estimate of drug-likeness (QED) is 0.460. The fraction of sp³-hybridized carbons (Fsp3) is 0.250. The molecule has 0 spiro atoms. The second-order valence-corrected chi connectivity index (χ2v) is 5.24. The Morgan fingerprint density at radius 3 is 2.44 bits per heavy atom. The number of rotatable bonds is 4. The second kappa shape index (κ2) is 8.62. The number of nitrogens with zero attached hydrogens (tertiary/aromatic N) is 1. The second-order valence-electron chi connectivity index (χ2n) is 5.24. The number of carboxylic acid groups (broad SMARTS) is 2. The van der Waals surface area contributed by atoms with Crippen LogP contribution in [-0.4, -0.2) is 30.0 Å². The molecule has 0 bridgehead atoms. The number of ether oxygens (including phenoxy) is 1. The molecule has 0 fully saturated rings. The van der Waals surface area contributed by atoms with E-state index in [9.17, 15) is 24.6 Å². The Morgan fingerprint density at radius 2 is 1.88 bits per heavy atom. The molecule has 2 aliphatic heterocycles. The summed E-state index contributed by atoms with van der Waals surface area (Å²) < 4.78 is 5.30. The summed E-state index contributed by atoms with van der Waals surface area (Å²) in [6.07, 6.45) is 3.69. The van der Waals surface area contributed by atoms with Gasteiger partial charge in [-0.1, -0.05) is 13.3 Å². The van der Waals surface area contributed by atoms with Gasteiger partial charge in [0.05, 0.1) is 28.9 Å². The van der Waals surface area contributed by atoms with Crippen molar-refractivity contribution >= 4 is 23.4 Å². The maximum absolute atomic E-state index is 12.5. The van der Waals surface area contributed by atoms with Crippen molar-refractivity contribution in [3.8, 4) is 0 Å². The number of hydrogen-bond acceptors (Lipinski definition) is 7. The first-order valence-corrected chi connectivity index (χ1v) is 7.03. The van der Waals surface area contributed by atoms with Gasteiger partial charge in [0.2, 0.25) is 5.78 Å². The molecule has 0 N–H and O–H groups in total. The zero-order valence-electron chi connectivity index (χ0n) is 14.2. The first-order chi connectivity index (χ1) is 10.9. The van der Waals surface area contributed by atoms with Gasteiger partial charge in [-0.15, -0.1) is 0 Å². The summed E-state index contributed by atoms with van der Waals surface area (Å²) in [5.41, 5.74) is 0.882. The zero-order chi connectivity index (χ0) is 16.7. The van der Waals surface area contributed by atoms with Crippen LogP contribution in [0.5, 0.6) is 0 Å². The standard InChI is InChI=1S/C16H13NO6.2Na/c1-2-3-8-9-4-7(15(19)20)6-23-14(9)13(18)10-5-11(16(21)22)17-12(8)10;;/h4-5H,2-3,6H2,1H3,(H,19,20)(H,21,22);;/q;2*+1/p-2. The molecule has 0 aromatic heterocycles. The van der Waals surface area contributed by atoms with Crippen LogP contribution in [-0.2, 0) is 19.1 Å². The molecule has 0 atom stereocenters. The Kier molecular flexibility index (Phi) is 7.61. The van der Waals surface area contributed by atoms with Gasteiger partial charge in [-0.2, -0.15) is 0 Å². The Bertz CT molecular complexity index is 816. The van der Waals surface area contributed by atoms with Crippen molar-refractivity contribution in [1.29, 1.82) is 0 Å². The van der Waals surface area contributed by atoms with E-state index in [1.165, 1.54) is 6.08 Å². The minimum atomic E-state index is -1.48. The first kappa shape index (κ1) is 22.1. The molecule has 9 heteroatoms. The van der Waals surface area contributed by atoms with Crippen LogP contribution in [0, 0.1) is 0 Å². The molecule has 0 aromatic rings. The average molecular weight is 359 g/mol. The van der Waals surface area contributed by atoms with Crippen LogP contribution in [0.25, 0.3) is 0 Å². The fourth-order valence-corrected chi connectivity index (χ4v) is 2.72. The van der Waals surface area contributed by atoms with Crippen molar-refractivity contribution in [3.05, 3.63) is 45.9 Å². The van der Waals surface area contributed by atoms with E-state index in [1.807, 2.05) is 6.92 Å². The van der Waals surface area contributed by atoms with Gasteiger partial charge in [-0.3, -0.25) is 4.79 Å². The molecule has 118 valence electrons. The van der Waals surface area contributed by atoms with E-state index in [-0.39, 0.29) is 94.0 Å². The number of allylic oxidation sites excluding steroid dienone is 5. The van der Waals surface area contributed by atoms with Crippen LogP contribution in [0.2, 0.25) is 0 Å². The summed E-state index contributed by atoms with van der Waals surface area (Å²) >= 11 is 0. The Morgan fingerprint density at radius 1 is 1.20 bits per heavy atom. The first-order valence-electron chi connectivity index (χ1n) is 7.03. The third kappa shape index (κ3) is 3.92. The van der Waals surface area contributed by atoms with Crippen molar-refractivity contribution in [2.45, 2.75) is 19.8 Å². The van der Waals surface area contributed by atoms with Crippen LogP contribution in [0.1, 0.15) is 19.8 Å². The van der Waals surface area contributed by atoms with Crippen LogP contribution < -0.4 is 69.3 Å². The molecule has 7 nitrogen and oxygen atoms in total. The Hall–Kier alpha value is -0.960. The van der Waals surface area contributed by atoms with Crippen LogP contribution in [0.4, 0.5) is 0 Å². The van der Waals surface area contributed by atoms with Gasteiger partial charge in [0.25, 0.3) is 0 Å². The smallest absolute Gasteiger partial charge is 0.545 e. The van der Waals surface area contributed by atoms with E-state index in [2.05, 4.69) is 4.99 Å². The van der Waals surface area contributed by atoms with Crippen molar-refractivity contribution in [2.75, 3.05) is 6.61 Å². The molecule has 3 aliphatic rings. The largest absolute Gasteiger partial charge is 1.00 e. The topological polar surface area (TPSA) is 119 Å². The molecule has 0 saturated carbocycles. The van der Waals surface area contributed by atoms with Gasteiger partial charge in [-0.25, -0.2) is 4.99 Å². The molecule has 0 radical (unpaired) electrons. The minimum absolute atomic E-state index is 0. The predicted molar refractivity (Wildman–Crippen MR) is 73.5 cm³/mol. The van der Waals surface area contributed by atoms with Gasteiger partial charge in [-0.05, 0) is 24.1 Å². The van der Waals surface area contributed by atoms with Crippen LogP contribution in [0.15, 0.2) is 50.9 Å². The van der Waals surface area contributed by atoms with Gasteiger partial charge in [0.15, 0.2) is 5.76 Å². The number of aliphatic imine (C=N–C) groups is 1. The summed E-state index contributed by atoms with van der Waals surface area (Å²) in [4.78, 5) is 38.5. The predicted octanol–water partition coefficient (Wildman–Crippen LogP) is -7.28. The van der Waals surface area contributed by atoms with Crippen LogP contribution in [0.3, 0.4) is 0 Å². The number of fused-ring (bicyclic) bond motifs is 1. The Labute approximate surface area is 187 Å². The normalized spacial score (nSPS) is 18.0. The summed E-state index contributed by atoms with van der Waals surface area (Å²) in [6.45, 7) is 1.63. The van der Waals surface area contributed by atoms with Crippen molar-refractivity contribution < 1.29 is 88.4 Å². The number of Topliss-reactive ketones (excluding diaryl/α,β-unsaturated/α-hetero) is 1. The van der Waals surface area contributed by atoms with E-state index in [4.69, 9.17) is 4.74 Å². The molecular weight excluding hydrogens is 348 g/mol. The molecule has 3 rings (SSSR count). The van der Waals surface area contributed by atoms with Gasteiger partial charge in [0.1, 0.15) is 6.61 Å². The zero-order valence-corrected chi connectivity index (χ0v) is 18.2. The summed E-state index contributed by atoms with van der Waals surface area (Å²) in [7, 11) is 0. The van der Waals surface area contributed by atoms with Gasteiger partial charge < -0.3 is 24.5 Å². The maximum Gasteiger partial charge on any atom is 1.00 e. The molecule has 0 aromatic carbocycles. The molecule has 25 heavy (non-hydrogen) atoms. The summed E-state index contributed by atoms with van der Waals surface area (Å²) in [5, 5.41) is 22.0. The molecular formula is C16H11NNa2O6. The average Bonchev–Trinajstić information content (AvgIpc) is 2.96. The number of ketones is 1. The van der Waals surface area contributed by atoms with E-state index in [1.54, 1.807) is 0 Å². The Balaban J connectivity index is 0.00000156. The number of hydrogen-bond donors (Lipinski definition) is 0. The molecule has 0 saturated heterocycles. The van der Waals surface area contributed by atoms with Crippen molar-refractivity contribution in [1.82, 2.24) is 0 Å². The maximum atomic E-state index is 12.5. The van der Waals surface area contributed by atoms with Crippen molar-refractivity contribution in [2.24, 2.45) is 4.99 Å². The van der Waals surface area contributed by atoms with E-state index in [0.717, 1.165) is 6.08 Å². The summed E-state index contributed by atoms with van der Waals surface area (Å²) in [6, 6.07) is 0. The SMILES string of the molecule is CCCC1=C2N=C(C(=O)[O-])C=C2C(=O)C2=C1C=C(C(=O)[O-])CO2.[Na+].[Na+]. The van der Waals surface area contributed by atoms with Gasteiger partial charge in [0, 0.05) is 11.1 Å². The minimum Gasteiger partial charge on any atom is -0.545 e. The third-order valence-corrected chi connectivity index (χ3v) is 3.74. The molecule has 0 unspecified atom stereocenters. The van der Waals surface area contributed by atoms with Crippen LogP contribution >= 0.6 is 0 Å². The number of aliphatic carboxylic acids is 2. The van der Waals surface area contributed by atoms with E-state index >= 15 is 0 Å². The molecule has 0 amide bonds. The molecule has 1 aliphatic carbocycles.